The summed E-state index contributed by atoms with van der Waals surface area (Å²) >= 11 is 0. The first-order chi connectivity index (χ1) is 11.2. The third kappa shape index (κ3) is 2.63. The Morgan fingerprint density at radius 1 is 1.17 bits per heavy atom. The van der Waals surface area contributed by atoms with E-state index in [9.17, 15) is 0 Å². The standard InChI is InChI=1S/C19H24N4/c1-13-18(15-4-2-3-14(9-15)10-20)8-5-16-11-22(21)12-23(19(13)16)17-6-7-17/h2-5,8-9,17H,6-7,10-12,20-21H2,1H3. The first-order valence-corrected chi connectivity index (χ1v) is 8.35. The molecule has 0 bridgehead atoms. The van der Waals surface area contributed by atoms with E-state index in [1.54, 1.807) is 0 Å². The number of nitrogens with two attached hydrogens (primary N) is 2. The van der Waals surface area contributed by atoms with E-state index in [4.69, 9.17) is 11.6 Å². The lowest BCUT2D eigenvalue weighted by atomic mass is 9.93. The van der Waals surface area contributed by atoms with Crippen molar-refractivity contribution in [1.29, 1.82) is 0 Å². The number of anilines is 1. The minimum Gasteiger partial charge on any atom is -0.354 e. The normalized spacial score (nSPS) is 18.1. The van der Waals surface area contributed by atoms with Crippen LogP contribution in [0.15, 0.2) is 36.4 Å². The Morgan fingerprint density at radius 2 is 2.00 bits per heavy atom. The lowest BCUT2D eigenvalue weighted by Gasteiger charge is -2.38. The molecule has 4 rings (SSSR count). The van der Waals surface area contributed by atoms with Crippen LogP contribution in [0.25, 0.3) is 11.1 Å². The molecule has 1 heterocycles. The molecule has 0 unspecified atom stereocenters. The number of hydrazine groups is 1. The molecular weight excluding hydrogens is 284 g/mol. The van der Waals surface area contributed by atoms with Crippen LogP contribution in [-0.4, -0.2) is 17.7 Å². The summed E-state index contributed by atoms with van der Waals surface area (Å²) in [6.07, 6.45) is 2.55. The van der Waals surface area contributed by atoms with Gasteiger partial charge in [-0.3, -0.25) is 5.84 Å². The second kappa shape index (κ2) is 5.64. The topological polar surface area (TPSA) is 58.5 Å². The van der Waals surface area contributed by atoms with E-state index in [0.717, 1.165) is 13.2 Å². The summed E-state index contributed by atoms with van der Waals surface area (Å²) in [6.45, 7) is 4.46. The van der Waals surface area contributed by atoms with Gasteiger partial charge >= 0.3 is 0 Å². The van der Waals surface area contributed by atoms with Crippen LogP contribution in [0.3, 0.4) is 0 Å². The molecule has 4 nitrogen and oxygen atoms in total. The van der Waals surface area contributed by atoms with Gasteiger partial charge < -0.3 is 10.6 Å². The van der Waals surface area contributed by atoms with Crippen LogP contribution in [0.4, 0.5) is 5.69 Å². The Hall–Kier alpha value is -1.88. The molecule has 0 atom stereocenters. The molecule has 1 aliphatic heterocycles. The smallest absolute Gasteiger partial charge is 0.0843 e. The van der Waals surface area contributed by atoms with Gasteiger partial charge in [0.05, 0.1) is 6.67 Å². The maximum absolute atomic E-state index is 6.12. The molecule has 0 spiro atoms. The van der Waals surface area contributed by atoms with Crippen molar-refractivity contribution >= 4 is 5.69 Å². The number of nitrogens with zero attached hydrogens (tertiary/aromatic N) is 2. The first-order valence-electron chi connectivity index (χ1n) is 8.35. The van der Waals surface area contributed by atoms with Crippen LogP contribution >= 0.6 is 0 Å². The zero-order chi connectivity index (χ0) is 16.0. The largest absolute Gasteiger partial charge is 0.354 e. The monoisotopic (exact) mass is 308 g/mol. The highest BCUT2D eigenvalue weighted by molar-refractivity contribution is 5.77. The first kappa shape index (κ1) is 14.7. The second-order valence-electron chi connectivity index (χ2n) is 6.74. The average molecular weight is 308 g/mol. The minimum atomic E-state index is 0.578. The summed E-state index contributed by atoms with van der Waals surface area (Å²) < 4.78 is 0. The van der Waals surface area contributed by atoms with Gasteiger partial charge in [-0.25, -0.2) is 5.01 Å². The maximum atomic E-state index is 6.12. The van der Waals surface area contributed by atoms with Gasteiger partial charge in [-0.1, -0.05) is 30.3 Å². The van der Waals surface area contributed by atoms with Crippen molar-refractivity contribution in [2.45, 2.75) is 38.9 Å². The molecule has 1 fully saturated rings. The number of benzene rings is 2. The second-order valence-corrected chi connectivity index (χ2v) is 6.74. The van der Waals surface area contributed by atoms with Crippen LogP contribution in [0.2, 0.25) is 0 Å². The molecular formula is C19H24N4. The highest BCUT2D eigenvalue weighted by Crippen LogP contribution is 2.41. The van der Waals surface area contributed by atoms with Gasteiger partial charge in [-0.15, -0.1) is 0 Å². The molecule has 0 aromatic heterocycles. The van der Waals surface area contributed by atoms with Crippen molar-refractivity contribution in [3.8, 4) is 11.1 Å². The predicted octanol–water partition coefficient (Wildman–Crippen LogP) is 2.74. The van der Waals surface area contributed by atoms with Gasteiger partial charge in [0.15, 0.2) is 0 Å². The lowest BCUT2D eigenvalue weighted by molar-refractivity contribution is 0.258. The van der Waals surface area contributed by atoms with Crippen molar-refractivity contribution in [3.63, 3.8) is 0 Å². The van der Waals surface area contributed by atoms with E-state index in [-0.39, 0.29) is 0 Å². The Labute approximate surface area is 137 Å². The van der Waals surface area contributed by atoms with Crippen LogP contribution in [-0.2, 0) is 13.1 Å². The Morgan fingerprint density at radius 3 is 2.74 bits per heavy atom. The minimum absolute atomic E-state index is 0.578. The van der Waals surface area contributed by atoms with Crippen molar-refractivity contribution in [2.75, 3.05) is 11.6 Å². The van der Waals surface area contributed by atoms with Crippen LogP contribution in [0.5, 0.6) is 0 Å². The molecule has 4 heteroatoms. The van der Waals surface area contributed by atoms with E-state index < -0.39 is 0 Å². The summed E-state index contributed by atoms with van der Waals surface area (Å²) in [7, 11) is 0. The van der Waals surface area contributed by atoms with Crippen molar-refractivity contribution in [1.82, 2.24) is 5.01 Å². The van der Waals surface area contributed by atoms with Crippen LogP contribution in [0, 0.1) is 6.92 Å². The van der Waals surface area contributed by atoms with Gasteiger partial charge in [0.2, 0.25) is 0 Å². The third-order valence-electron chi connectivity index (χ3n) is 4.97. The van der Waals surface area contributed by atoms with E-state index in [1.165, 1.54) is 46.3 Å². The highest BCUT2D eigenvalue weighted by atomic mass is 15.5. The maximum Gasteiger partial charge on any atom is 0.0843 e. The summed E-state index contributed by atoms with van der Waals surface area (Å²) in [5, 5.41) is 1.91. The fourth-order valence-corrected chi connectivity index (χ4v) is 3.68. The van der Waals surface area contributed by atoms with Crippen LogP contribution < -0.4 is 16.5 Å². The summed E-state index contributed by atoms with van der Waals surface area (Å²) in [5.74, 6) is 6.12. The molecule has 0 radical (unpaired) electrons. The number of rotatable bonds is 3. The third-order valence-corrected chi connectivity index (χ3v) is 4.97. The molecule has 4 N–H and O–H groups in total. The van der Waals surface area contributed by atoms with Gasteiger partial charge in [0.1, 0.15) is 0 Å². The zero-order valence-corrected chi connectivity index (χ0v) is 13.6. The fraction of sp³-hybridized carbons (Fsp3) is 0.368. The van der Waals surface area contributed by atoms with Crippen molar-refractivity contribution < 1.29 is 0 Å². The molecule has 0 amide bonds. The molecule has 2 aromatic rings. The summed E-state index contributed by atoms with van der Waals surface area (Å²) in [6, 6.07) is 13.7. The highest BCUT2D eigenvalue weighted by Gasteiger charge is 2.35. The summed E-state index contributed by atoms with van der Waals surface area (Å²) in [5.41, 5.74) is 13.6. The molecule has 120 valence electrons. The number of hydrogen-bond acceptors (Lipinski definition) is 4. The molecule has 0 saturated heterocycles. The van der Waals surface area contributed by atoms with Crippen molar-refractivity contribution in [2.24, 2.45) is 11.6 Å². The van der Waals surface area contributed by atoms with Crippen LogP contribution in [0.1, 0.15) is 29.5 Å². The van der Waals surface area contributed by atoms with Crippen molar-refractivity contribution in [3.05, 3.63) is 53.1 Å². The summed E-state index contributed by atoms with van der Waals surface area (Å²) in [4.78, 5) is 2.49. The van der Waals surface area contributed by atoms with E-state index >= 15 is 0 Å². The van der Waals surface area contributed by atoms with Gasteiger partial charge in [0.25, 0.3) is 0 Å². The number of fused-ring (bicyclic) bond motifs is 1. The average Bonchev–Trinajstić information content (AvgIpc) is 3.39. The molecule has 2 aromatic carbocycles. The lowest BCUT2D eigenvalue weighted by Crippen LogP contribution is -2.47. The fourth-order valence-electron chi connectivity index (χ4n) is 3.68. The predicted molar refractivity (Wildman–Crippen MR) is 94.6 cm³/mol. The van der Waals surface area contributed by atoms with E-state index in [0.29, 0.717) is 12.6 Å². The van der Waals surface area contributed by atoms with Gasteiger partial charge in [-0.05, 0) is 53.6 Å². The Kier molecular flexibility index (Phi) is 3.60. The Bertz CT molecular complexity index is 736. The Balaban J connectivity index is 1.82. The SMILES string of the molecule is Cc1c(-c2cccc(CN)c2)ccc2c1N(C1CC1)CN(N)C2. The molecule has 1 aliphatic carbocycles. The van der Waals surface area contributed by atoms with E-state index in [2.05, 4.69) is 48.2 Å². The molecule has 1 saturated carbocycles. The molecule has 23 heavy (non-hydrogen) atoms. The van der Waals surface area contributed by atoms with E-state index in [1.807, 2.05) is 5.01 Å². The quantitative estimate of drug-likeness (QED) is 0.856. The van der Waals surface area contributed by atoms with Gasteiger partial charge in [0, 0.05) is 24.8 Å². The number of hydrogen-bond donors (Lipinski definition) is 2. The zero-order valence-electron chi connectivity index (χ0n) is 13.6. The molecule has 2 aliphatic rings. The van der Waals surface area contributed by atoms with Gasteiger partial charge in [-0.2, -0.15) is 0 Å².